The summed E-state index contributed by atoms with van der Waals surface area (Å²) < 4.78 is 20.9. The van der Waals surface area contributed by atoms with Crippen LogP contribution in [0.15, 0.2) is 52.8 Å². The molecule has 0 radical (unpaired) electrons. The molecule has 0 N–H and O–H groups in total. The highest BCUT2D eigenvalue weighted by molar-refractivity contribution is 7.07. The first kappa shape index (κ1) is 18.5. The van der Waals surface area contributed by atoms with Crippen LogP contribution in [-0.4, -0.2) is 18.3 Å². The van der Waals surface area contributed by atoms with Crippen LogP contribution >= 0.6 is 11.3 Å². The highest BCUT2D eigenvalue weighted by Gasteiger charge is 2.14. The maximum Gasteiger partial charge on any atom is 0.190 e. The van der Waals surface area contributed by atoms with E-state index < -0.39 is 0 Å². The molecular weight excluding hydrogens is 347 g/mol. The van der Waals surface area contributed by atoms with Crippen LogP contribution in [0.1, 0.15) is 24.1 Å². The summed E-state index contributed by atoms with van der Waals surface area (Å²) in [6.07, 6.45) is 0. The topological polar surface area (TPSA) is 26.5 Å². The van der Waals surface area contributed by atoms with E-state index in [-0.39, 0.29) is 11.9 Å². The smallest absolute Gasteiger partial charge is 0.190 e. The summed E-state index contributed by atoms with van der Waals surface area (Å²) in [5.74, 6) is -0.235. The van der Waals surface area contributed by atoms with Gasteiger partial charge in [0.1, 0.15) is 5.82 Å². The Morgan fingerprint density at radius 2 is 1.88 bits per heavy atom. The third kappa shape index (κ3) is 3.94. The van der Waals surface area contributed by atoms with Crippen LogP contribution in [0.25, 0.3) is 11.3 Å². The van der Waals surface area contributed by atoms with Crippen molar-refractivity contribution >= 4 is 17.0 Å². The second-order valence-electron chi connectivity index (χ2n) is 6.49. The van der Waals surface area contributed by atoms with Crippen LogP contribution in [0, 0.1) is 19.7 Å². The molecule has 0 aliphatic heterocycles. The van der Waals surface area contributed by atoms with Crippen molar-refractivity contribution in [2.45, 2.75) is 26.8 Å². The van der Waals surface area contributed by atoms with Crippen LogP contribution in [0.2, 0.25) is 0 Å². The molecule has 0 saturated carbocycles. The van der Waals surface area contributed by atoms with E-state index in [1.54, 1.807) is 30.6 Å². The van der Waals surface area contributed by atoms with Gasteiger partial charge >= 0.3 is 0 Å². The van der Waals surface area contributed by atoms with Crippen molar-refractivity contribution in [3.63, 3.8) is 0 Å². The zero-order chi connectivity index (χ0) is 18.7. The Kier molecular flexibility index (Phi) is 5.69. The maximum atomic E-state index is 13.3. The normalized spacial score (nSPS) is 13.2. The second-order valence-corrected chi connectivity index (χ2v) is 7.32. The van der Waals surface area contributed by atoms with Crippen molar-refractivity contribution in [2.24, 2.45) is 4.99 Å². The molecule has 2 aromatic carbocycles. The van der Waals surface area contributed by atoms with Crippen LogP contribution in [-0.2, 0) is 4.74 Å². The lowest BCUT2D eigenvalue weighted by Crippen LogP contribution is -2.23. The highest BCUT2D eigenvalue weighted by Crippen LogP contribution is 2.25. The summed E-state index contributed by atoms with van der Waals surface area (Å²) in [5, 5.41) is 2.07. The van der Waals surface area contributed by atoms with Crippen molar-refractivity contribution in [1.82, 2.24) is 4.57 Å². The molecule has 0 spiro atoms. The lowest BCUT2D eigenvalue weighted by molar-refractivity contribution is 0.162. The first-order chi connectivity index (χ1) is 12.5. The summed E-state index contributed by atoms with van der Waals surface area (Å²) in [7, 11) is 1.70. The highest BCUT2D eigenvalue weighted by atomic mass is 32.1. The molecule has 0 unspecified atom stereocenters. The number of benzene rings is 2. The summed E-state index contributed by atoms with van der Waals surface area (Å²) in [5.41, 5.74) is 5.27. The van der Waals surface area contributed by atoms with Crippen molar-refractivity contribution < 1.29 is 9.13 Å². The lowest BCUT2D eigenvalue weighted by atomic mass is 10.1. The monoisotopic (exact) mass is 370 g/mol. The number of ether oxygens (including phenoxy) is 1. The Morgan fingerprint density at radius 3 is 2.58 bits per heavy atom. The van der Waals surface area contributed by atoms with Gasteiger partial charge in [-0.05, 0) is 67.8 Å². The van der Waals surface area contributed by atoms with Crippen LogP contribution in [0.3, 0.4) is 0 Å². The van der Waals surface area contributed by atoms with Gasteiger partial charge in [0.05, 0.1) is 24.0 Å². The number of nitrogens with zero attached hydrogens (tertiary/aromatic N) is 2. The molecule has 5 heteroatoms. The Labute approximate surface area is 157 Å². The third-order valence-corrected chi connectivity index (χ3v) is 5.15. The van der Waals surface area contributed by atoms with E-state index in [0.29, 0.717) is 6.61 Å². The first-order valence-electron chi connectivity index (χ1n) is 8.56. The molecule has 0 saturated heterocycles. The van der Waals surface area contributed by atoms with Gasteiger partial charge in [-0.1, -0.05) is 12.1 Å². The molecule has 0 aliphatic rings. The molecule has 0 amide bonds. The minimum atomic E-state index is -0.235. The zero-order valence-electron chi connectivity index (χ0n) is 15.5. The molecule has 26 heavy (non-hydrogen) atoms. The van der Waals surface area contributed by atoms with Gasteiger partial charge in [0.25, 0.3) is 0 Å². The van der Waals surface area contributed by atoms with Gasteiger partial charge in [-0.3, -0.25) is 0 Å². The summed E-state index contributed by atoms with van der Waals surface area (Å²) in [6.45, 7) is 6.81. The minimum Gasteiger partial charge on any atom is -0.383 e. The average Bonchev–Trinajstić information content (AvgIpc) is 3.03. The van der Waals surface area contributed by atoms with Gasteiger partial charge < -0.3 is 9.30 Å². The minimum absolute atomic E-state index is 0.107. The van der Waals surface area contributed by atoms with Crippen molar-refractivity contribution in [2.75, 3.05) is 13.7 Å². The van der Waals surface area contributed by atoms with E-state index in [4.69, 9.17) is 9.73 Å². The number of aryl methyl sites for hydroxylation is 2. The number of halogens is 1. The Balaban J connectivity index is 2.18. The molecule has 3 nitrogen and oxygen atoms in total. The Hall–Kier alpha value is -2.24. The quantitative estimate of drug-likeness (QED) is 0.590. The van der Waals surface area contributed by atoms with Gasteiger partial charge in [0.15, 0.2) is 4.80 Å². The largest absolute Gasteiger partial charge is 0.383 e. The number of aromatic nitrogens is 1. The molecule has 0 bridgehead atoms. The fourth-order valence-electron chi connectivity index (χ4n) is 2.92. The van der Waals surface area contributed by atoms with Crippen LogP contribution in [0.5, 0.6) is 0 Å². The fraction of sp³-hybridized carbons (Fsp3) is 0.286. The van der Waals surface area contributed by atoms with Crippen LogP contribution < -0.4 is 4.80 Å². The fourth-order valence-corrected chi connectivity index (χ4v) is 3.93. The number of thiazole rings is 1. The van der Waals surface area contributed by atoms with E-state index >= 15 is 0 Å². The van der Waals surface area contributed by atoms with E-state index in [2.05, 4.69) is 48.9 Å². The summed E-state index contributed by atoms with van der Waals surface area (Å²) in [6, 6.07) is 13.0. The number of hydrogen-bond donors (Lipinski definition) is 0. The third-order valence-electron chi connectivity index (χ3n) is 4.31. The van der Waals surface area contributed by atoms with Gasteiger partial charge in [-0.25, -0.2) is 9.38 Å². The molecule has 0 fully saturated rings. The van der Waals surface area contributed by atoms with Gasteiger partial charge in [-0.15, -0.1) is 11.3 Å². The molecular formula is C21H23FN2OS. The molecule has 136 valence electrons. The molecule has 3 rings (SSSR count). The number of hydrogen-bond acceptors (Lipinski definition) is 3. The van der Waals surface area contributed by atoms with E-state index in [1.165, 1.54) is 17.7 Å². The Morgan fingerprint density at radius 1 is 1.15 bits per heavy atom. The molecule has 3 aromatic rings. The molecule has 1 aromatic heterocycles. The predicted octanol–water partition coefficient (Wildman–Crippen LogP) is 5.41. The molecule has 1 heterocycles. The van der Waals surface area contributed by atoms with Gasteiger partial charge in [0, 0.05) is 12.5 Å². The number of rotatable bonds is 5. The van der Waals surface area contributed by atoms with E-state index in [9.17, 15) is 4.39 Å². The van der Waals surface area contributed by atoms with Gasteiger partial charge in [-0.2, -0.15) is 0 Å². The SMILES string of the molecule is COC[C@H](C)n1c(-c2ccc(F)cc2)csc1=Nc1cc(C)ccc1C. The van der Waals surface area contributed by atoms with Crippen molar-refractivity contribution in [1.29, 1.82) is 0 Å². The lowest BCUT2D eigenvalue weighted by Gasteiger charge is -2.16. The van der Waals surface area contributed by atoms with Gasteiger partial charge in [0.2, 0.25) is 0 Å². The zero-order valence-corrected chi connectivity index (χ0v) is 16.3. The first-order valence-corrected chi connectivity index (χ1v) is 9.44. The summed E-state index contributed by atoms with van der Waals surface area (Å²) in [4.78, 5) is 5.83. The average molecular weight is 370 g/mol. The number of methoxy groups -OCH3 is 1. The van der Waals surface area contributed by atoms with Crippen LogP contribution in [0.4, 0.5) is 10.1 Å². The molecule has 0 aliphatic carbocycles. The molecule has 1 atom stereocenters. The van der Waals surface area contributed by atoms with E-state index in [0.717, 1.165) is 27.3 Å². The second kappa shape index (κ2) is 7.98. The Bertz CT molecular complexity index is 957. The van der Waals surface area contributed by atoms with Crippen molar-refractivity contribution in [3.05, 3.63) is 69.6 Å². The van der Waals surface area contributed by atoms with E-state index in [1.807, 2.05) is 0 Å². The van der Waals surface area contributed by atoms with Crippen molar-refractivity contribution in [3.8, 4) is 11.3 Å². The predicted molar refractivity (Wildman–Crippen MR) is 105 cm³/mol. The standard InChI is InChI=1S/C21H23FN2OS/c1-14-5-6-15(2)19(11-14)23-21-24(16(3)12-25-4)20(13-26-21)17-7-9-18(22)10-8-17/h5-11,13,16H,12H2,1-4H3/t16-/m0/s1. The maximum absolute atomic E-state index is 13.3. The summed E-state index contributed by atoms with van der Waals surface area (Å²) >= 11 is 1.59.